The fourth-order valence-corrected chi connectivity index (χ4v) is 3.23. The molecule has 3 heterocycles. The molecule has 0 radical (unpaired) electrons. The van der Waals surface area contributed by atoms with E-state index < -0.39 is 92.7 Å². The maximum absolute atomic E-state index is 13.3. The van der Waals surface area contributed by atoms with Crippen molar-refractivity contribution in [1.82, 2.24) is 14.8 Å². The quantitative estimate of drug-likeness (QED) is 0.635. The molecule has 1 aliphatic rings. The minimum atomic E-state index is -3.62. The van der Waals surface area contributed by atoms with Crippen LogP contribution in [0.5, 0.6) is 5.75 Å². The number of piperidine rings is 1. The Morgan fingerprint density at radius 2 is 2.30 bits per heavy atom. The third-order valence-corrected chi connectivity index (χ3v) is 4.36. The average Bonchev–Trinajstić information content (AvgIpc) is 3.20. The Balaban J connectivity index is 0.00000645. The van der Waals surface area contributed by atoms with Crippen LogP contribution in [0.25, 0.3) is 10.2 Å². The minimum absolute atomic E-state index is 0. The van der Waals surface area contributed by atoms with Gasteiger partial charge in [0.05, 0.1) is 8.30 Å². The smallest absolute Gasteiger partial charge is 0.871 e. The molecule has 0 spiro atoms. The number of carbonyl (C=O) groups is 1. The van der Waals surface area contributed by atoms with Gasteiger partial charge in [0, 0.05) is 35.8 Å². The Morgan fingerprint density at radius 3 is 3.00 bits per heavy atom. The predicted molar refractivity (Wildman–Crippen MR) is 103 cm³/mol. The molecule has 1 fully saturated rings. The van der Waals surface area contributed by atoms with E-state index in [9.17, 15) is 14.7 Å². The van der Waals surface area contributed by atoms with Gasteiger partial charge in [0.2, 0.25) is 0 Å². The summed E-state index contributed by atoms with van der Waals surface area (Å²) in [5.74, 6) is -2.77. The van der Waals surface area contributed by atoms with E-state index in [4.69, 9.17) is 22.0 Å². The third kappa shape index (κ3) is 4.95. The number of rotatable bonds is 6. The number of nitrogens with zero attached hydrogens (tertiary/aromatic N) is 2. The van der Waals surface area contributed by atoms with Crippen molar-refractivity contribution in [1.29, 1.82) is 0 Å². The van der Waals surface area contributed by atoms with Crippen molar-refractivity contribution >= 4 is 27.5 Å². The fourth-order valence-electron chi connectivity index (χ4n) is 2.37. The van der Waals surface area contributed by atoms with E-state index >= 15 is 0 Å². The van der Waals surface area contributed by atoms with Gasteiger partial charge in [0.25, 0.3) is 11.5 Å². The first-order valence-corrected chi connectivity index (χ1v) is 8.39. The van der Waals surface area contributed by atoms with Crippen molar-refractivity contribution in [2.24, 2.45) is 0 Å². The first kappa shape index (κ1) is 8.88. The van der Waals surface area contributed by atoms with Crippen molar-refractivity contribution in [2.75, 3.05) is 26.1 Å². The molecule has 0 aliphatic carbocycles. The molecule has 8 heteroatoms. The topological polar surface area (TPSA) is 77.4 Å². The molecule has 1 atom stereocenters. The predicted octanol–water partition coefficient (Wildman–Crippen LogP) is -0.673. The van der Waals surface area contributed by atoms with E-state index in [-0.39, 0.29) is 50.0 Å². The van der Waals surface area contributed by atoms with Crippen LogP contribution in [0.3, 0.4) is 0 Å². The second kappa shape index (κ2) is 10.1. The Bertz CT molecular complexity index is 1440. The number of nitrogens with one attached hydrogen (secondary N) is 1. The average molecular weight is 416 g/mol. The van der Waals surface area contributed by atoms with E-state index in [1.165, 1.54) is 0 Å². The van der Waals surface area contributed by atoms with Gasteiger partial charge in [-0.15, -0.1) is 11.3 Å². The molecule has 2 aromatic rings. The van der Waals surface area contributed by atoms with Crippen molar-refractivity contribution in [3.8, 4) is 5.75 Å². The molecule has 0 bridgehead atoms. The first-order chi connectivity index (χ1) is 18.6. The molecule has 1 N–H and O–H groups in total. The number of likely N-dealkylation sites (tertiary alicyclic amines) is 1. The number of pyridine rings is 1. The zero-order valence-electron chi connectivity index (χ0n) is 30.7. The zero-order chi connectivity index (χ0) is 32.8. The molecule has 1 unspecified atom stereocenters. The summed E-state index contributed by atoms with van der Waals surface area (Å²) < 4.78 is 128. The van der Waals surface area contributed by atoms with Crippen LogP contribution < -0.4 is 45.5 Å². The second-order valence-electron chi connectivity index (χ2n) is 5.30. The summed E-state index contributed by atoms with van der Waals surface area (Å²) in [4.78, 5) is 26.2. The normalized spacial score (nSPS) is 35.7. The Morgan fingerprint density at radius 1 is 1.56 bits per heavy atom. The van der Waals surface area contributed by atoms with Gasteiger partial charge in [-0.3, -0.25) is 14.2 Å². The second-order valence-corrected chi connectivity index (χ2v) is 6.13. The number of hydrogen-bond donors (Lipinski definition) is 1. The molecule has 27 heavy (non-hydrogen) atoms. The van der Waals surface area contributed by atoms with Gasteiger partial charge in [-0.2, -0.15) is 0 Å². The van der Waals surface area contributed by atoms with Crippen molar-refractivity contribution in [2.45, 2.75) is 45.3 Å². The van der Waals surface area contributed by atoms with Gasteiger partial charge in [-0.1, -0.05) is 12.1 Å². The minimum Gasteiger partial charge on any atom is -0.871 e. The molecule has 0 aromatic carbocycles. The largest absolute Gasteiger partial charge is 1.00 e. The molecule has 1 aliphatic heterocycles. The molecule has 1 amide bonds. The number of carbonyl (C=O) groups excluding carboxylic acids is 1. The number of hydrogen-bond acceptors (Lipinski definition) is 5. The number of thiophene rings is 1. The first-order valence-electron chi connectivity index (χ1n) is 15.5. The molecule has 0 saturated carbocycles. The third-order valence-electron chi connectivity index (χ3n) is 3.53. The zero-order valence-corrected chi connectivity index (χ0v) is 17.5. The Hall–Kier alpha value is -0.860. The maximum Gasteiger partial charge on any atom is 1.00 e. The number of amides is 1. The van der Waals surface area contributed by atoms with E-state index in [1.54, 1.807) is 0 Å². The van der Waals surface area contributed by atoms with Crippen molar-refractivity contribution in [3.05, 3.63) is 27.3 Å². The van der Waals surface area contributed by atoms with Crippen LogP contribution in [0, 0.1) is 0 Å². The van der Waals surface area contributed by atoms with Gasteiger partial charge in [0.1, 0.15) is 4.83 Å². The fraction of sp³-hybridized carbons (Fsp3) is 0.579. The summed E-state index contributed by atoms with van der Waals surface area (Å²) in [6.07, 6.45) is -11.3. The van der Waals surface area contributed by atoms with E-state index in [1.807, 2.05) is 0 Å². The van der Waals surface area contributed by atoms with Crippen LogP contribution in [0.4, 0.5) is 0 Å². The van der Waals surface area contributed by atoms with Crippen molar-refractivity contribution < 1.29 is 61.4 Å². The summed E-state index contributed by atoms with van der Waals surface area (Å²) in [7, 11) is 0. The van der Waals surface area contributed by atoms with Crippen LogP contribution >= 0.6 is 11.3 Å². The molecule has 3 rings (SSSR count). The summed E-state index contributed by atoms with van der Waals surface area (Å²) in [5.41, 5.74) is -2.71. The number of aromatic nitrogens is 1. The van der Waals surface area contributed by atoms with Crippen LogP contribution in [0.2, 0.25) is 1.41 Å². The van der Waals surface area contributed by atoms with Gasteiger partial charge in [0.15, 0.2) is 1.41 Å². The molecule has 142 valence electrons. The summed E-state index contributed by atoms with van der Waals surface area (Å²) >= 11 is 0.531. The van der Waals surface area contributed by atoms with Gasteiger partial charge in [-0.25, -0.2) is 0 Å². The molecule has 2 aromatic heterocycles. The molecule has 6 nitrogen and oxygen atoms in total. The van der Waals surface area contributed by atoms with E-state index in [2.05, 4.69) is 0 Å². The Kier molecular flexibility index (Phi) is 3.31. The van der Waals surface area contributed by atoms with Crippen LogP contribution in [-0.4, -0.2) is 41.5 Å². The molecular weight excluding hydrogens is 373 g/mol. The van der Waals surface area contributed by atoms with Crippen LogP contribution in [0.1, 0.15) is 76.3 Å². The van der Waals surface area contributed by atoms with E-state index in [0.29, 0.717) is 15.9 Å². The van der Waals surface area contributed by atoms with E-state index in [0.717, 1.165) is 13.0 Å². The van der Waals surface area contributed by atoms with Crippen molar-refractivity contribution in [3.63, 3.8) is 0 Å². The maximum atomic E-state index is 13.3. The van der Waals surface area contributed by atoms with Gasteiger partial charge < -0.3 is 15.3 Å². The summed E-state index contributed by atoms with van der Waals surface area (Å²) in [6, 6.07) is -1.73. The standard InChI is InChI=1S/C19H27N3O3S.Na/c1-13(2)22-18(25)15(16(23)14-7-12-26-19(14)22)17(24)20-8-6-11-21-9-4-3-5-10-21;/h7,12-13,23H,3-6,8-11H2,1-2H3,(H,20,24);/q;+1/p-1/i1D3,3D2,4D2,5D2,9D2,10D2,12D,13D;/hD. The summed E-state index contributed by atoms with van der Waals surface area (Å²) in [6.45, 7) is -10.7. The van der Waals surface area contributed by atoms with Crippen LogP contribution in [0.15, 0.2) is 16.2 Å². The summed E-state index contributed by atoms with van der Waals surface area (Å²) in [5, 5.41) is 12.5. The Labute approximate surface area is 208 Å². The molecular formula is C19H26N3NaO3S. The van der Waals surface area contributed by atoms with Crippen LogP contribution in [-0.2, 0) is 0 Å². The molecule has 1 saturated heterocycles. The van der Waals surface area contributed by atoms with Gasteiger partial charge in [-0.05, 0) is 63.9 Å². The number of fused-ring (bicyclic) bond motifs is 1. The van der Waals surface area contributed by atoms with Gasteiger partial charge >= 0.3 is 29.6 Å². The monoisotopic (exact) mass is 415 g/mol. The SMILES string of the molecule is [2H]c1cc2c([O-])c(C(=O)N([2H])CCCN3C([2H])([2H])C([2H])([2H])C([2H])([2H])C([2H])([2H])C3([2H])[2H])c(=O)n(C([2H])(C)C([2H])([2H])[2H])c2s1.[Na+].